The zero-order valence-electron chi connectivity index (χ0n) is 17.0. The van der Waals surface area contributed by atoms with Gasteiger partial charge in [0.15, 0.2) is 5.82 Å². The third-order valence-electron chi connectivity index (χ3n) is 4.21. The average Bonchev–Trinajstić information content (AvgIpc) is 3.00. The van der Waals surface area contributed by atoms with E-state index < -0.39 is 11.7 Å². The monoisotopic (exact) mass is 399 g/mol. The largest absolute Gasteiger partial charge is 0.443 e. The van der Waals surface area contributed by atoms with Crippen molar-refractivity contribution in [1.29, 1.82) is 0 Å². The maximum Gasteiger partial charge on any atom is 0.415 e. The van der Waals surface area contributed by atoms with Gasteiger partial charge in [-0.1, -0.05) is 12.1 Å². The number of pyridine rings is 1. The van der Waals surface area contributed by atoms with E-state index in [1.807, 2.05) is 56.8 Å². The van der Waals surface area contributed by atoms with Crippen LogP contribution in [0.25, 0.3) is 22.2 Å². The summed E-state index contributed by atoms with van der Waals surface area (Å²) in [6, 6.07) is 8.10. The zero-order valence-corrected chi connectivity index (χ0v) is 17.8. The first-order chi connectivity index (χ1) is 13.1. The molecule has 148 valence electrons. The first-order valence-corrected chi connectivity index (χ1v) is 10.1. The van der Waals surface area contributed by atoms with Crippen LogP contribution in [0, 0.1) is 0 Å². The third-order valence-corrected chi connectivity index (χ3v) is 4.94. The Morgan fingerprint density at radius 3 is 2.68 bits per heavy atom. The lowest BCUT2D eigenvalue weighted by Gasteiger charge is -2.24. The molecule has 28 heavy (non-hydrogen) atoms. The van der Waals surface area contributed by atoms with E-state index >= 15 is 0 Å². The molecule has 8 heteroatoms. The Labute approximate surface area is 168 Å². The summed E-state index contributed by atoms with van der Waals surface area (Å²) < 4.78 is 7.35. The first-order valence-electron chi connectivity index (χ1n) is 8.84. The summed E-state index contributed by atoms with van der Waals surface area (Å²) in [6.07, 6.45) is 3.21. The van der Waals surface area contributed by atoms with Crippen LogP contribution in [0.3, 0.4) is 0 Å². The molecule has 0 saturated carbocycles. The van der Waals surface area contributed by atoms with Crippen LogP contribution in [0.1, 0.15) is 20.8 Å². The highest BCUT2D eigenvalue weighted by Crippen LogP contribution is 2.37. The number of benzene rings is 1. The van der Waals surface area contributed by atoms with Crippen LogP contribution in [0.4, 0.5) is 16.4 Å². The van der Waals surface area contributed by atoms with E-state index in [0.29, 0.717) is 17.2 Å². The van der Waals surface area contributed by atoms with Gasteiger partial charge in [-0.2, -0.15) is 0 Å². The number of nitrogen functional groups attached to an aromatic ring is 1. The number of anilines is 2. The number of nitrogens with two attached hydrogens (primary N) is 1. The van der Waals surface area contributed by atoms with E-state index in [1.165, 1.54) is 4.90 Å². The topological polar surface area (TPSA) is 86.3 Å². The molecule has 2 N–H and O–H groups in total. The van der Waals surface area contributed by atoms with Crippen molar-refractivity contribution in [2.24, 2.45) is 7.05 Å². The molecule has 0 bridgehead atoms. The number of fused-ring (bicyclic) bond motifs is 1. The predicted molar refractivity (Wildman–Crippen MR) is 115 cm³/mol. The number of rotatable bonds is 3. The van der Waals surface area contributed by atoms with Gasteiger partial charge in [-0.05, 0) is 44.7 Å². The normalized spacial score (nSPS) is 11.6. The summed E-state index contributed by atoms with van der Waals surface area (Å²) in [5, 5.41) is 0. The molecule has 7 nitrogen and oxygen atoms in total. The predicted octanol–water partition coefficient (Wildman–Crippen LogP) is 4.31. The van der Waals surface area contributed by atoms with E-state index in [9.17, 15) is 4.79 Å². The van der Waals surface area contributed by atoms with Crippen molar-refractivity contribution >= 4 is 40.5 Å². The molecule has 3 rings (SSSR count). The average molecular weight is 400 g/mol. The van der Waals surface area contributed by atoms with Gasteiger partial charge in [-0.3, -0.25) is 4.90 Å². The third kappa shape index (κ3) is 3.77. The minimum Gasteiger partial charge on any atom is -0.443 e. The molecule has 1 amide bonds. The SMILES string of the molecule is CSc1cccc(-c2c(N)nc(N(C)C(=O)OC(C)(C)C)c3ncn(C)c23)c1. The molecule has 1 aromatic carbocycles. The number of thioether (sulfide) groups is 1. The summed E-state index contributed by atoms with van der Waals surface area (Å²) in [4.78, 5) is 24.0. The fourth-order valence-electron chi connectivity index (χ4n) is 2.95. The molecule has 0 aliphatic rings. The van der Waals surface area contributed by atoms with Crippen molar-refractivity contribution in [2.45, 2.75) is 31.3 Å². The number of carbonyl (C=O) groups excluding carboxylic acids is 1. The Morgan fingerprint density at radius 2 is 2.04 bits per heavy atom. The first kappa shape index (κ1) is 20.0. The number of carbonyl (C=O) groups is 1. The maximum absolute atomic E-state index is 12.5. The smallest absolute Gasteiger partial charge is 0.415 e. The Hall–Kier alpha value is -2.74. The summed E-state index contributed by atoms with van der Waals surface area (Å²) >= 11 is 1.66. The second kappa shape index (κ2) is 7.35. The molecule has 0 saturated heterocycles. The number of nitrogens with zero attached hydrogens (tertiary/aromatic N) is 4. The summed E-state index contributed by atoms with van der Waals surface area (Å²) in [6.45, 7) is 5.45. The van der Waals surface area contributed by atoms with Gasteiger partial charge in [-0.25, -0.2) is 14.8 Å². The molecule has 0 aliphatic carbocycles. The number of amides is 1. The summed E-state index contributed by atoms with van der Waals surface area (Å²) in [5.41, 5.74) is 8.92. The molecule has 0 spiro atoms. The number of aryl methyl sites for hydroxylation is 1. The van der Waals surface area contributed by atoms with Gasteiger partial charge in [0.05, 0.1) is 17.4 Å². The fourth-order valence-corrected chi connectivity index (χ4v) is 3.41. The number of hydrogen-bond acceptors (Lipinski definition) is 6. The molecule has 0 fully saturated rings. The molecule has 0 unspecified atom stereocenters. The highest BCUT2D eigenvalue weighted by molar-refractivity contribution is 7.98. The standard InChI is InChI=1S/C20H25N5O2S/c1-20(2,3)27-19(26)25(5)18-15-16(24(4)11-22-15)14(17(21)23-18)12-8-7-9-13(10-12)28-6/h7-11H,1-6H3,(H2,21,23). The zero-order chi connectivity index (χ0) is 20.6. The van der Waals surface area contributed by atoms with Crippen molar-refractivity contribution < 1.29 is 9.53 Å². The summed E-state index contributed by atoms with van der Waals surface area (Å²) in [7, 11) is 3.51. The Morgan fingerprint density at radius 1 is 1.32 bits per heavy atom. The Balaban J connectivity index is 2.18. The number of ether oxygens (including phenoxy) is 1. The van der Waals surface area contributed by atoms with Crippen LogP contribution in [0.2, 0.25) is 0 Å². The lowest BCUT2D eigenvalue weighted by Crippen LogP contribution is -2.34. The second-order valence-corrected chi connectivity index (χ2v) is 8.40. The lowest BCUT2D eigenvalue weighted by atomic mass is 10.0. The Bertz CT molecular complexity index is 1040. The molecule has 0 aliphatic heterocycles. The van der Waals surface area contributed by atoms with Crippen molar-refractivity contribution in [3.63, 3.8) is 0 Å². The molecule has 3 aromatic rings. The number of hydrogen-bond donors (Lipinski definition) is 1. The van der Waals surface area contributed by atoms with Gasteiger partial charge < -0.3 is 15.0 Å². The quantitative estimate of drug-likeness (QED) is 0.661. The second-order valence-electron chi connectivity index (χ2n) is 7.52. The minimum atomic E-state index is -0.613. The van der Waals surface area contributed by atoms with Crippen molar-refractivity contribution in [2.75, 3.05) is 23.9 Å². The molecule has 0 atom stereocenters. The van der Waals surface area contributed by atoms with Crippen LogP contribution < -0.4 is 10.6 Å². The van der Waals surface area contributed by atoms with E-state index in [1.54, 1.807) is 25.1 Å². The summed E-state index contributed by atoms with van der Waals surface area (Å²) in [5.74, 6) is 0.701. The minimum absolute atomic E-state index is 0.333. The van der Waals surface area contributed by atoms with E-state index in [4.69, 9.17) is 10.5 Å². The fraction of sp³-hybridized carbons (Fsp3) is 0.350. The van der Waals surface area contributed by atoms with E-state index in [2.05, 4.69) is 16.0 Å². The van der Waals surface area contributed by atoms with Crippen LogP contribution in [0.5, 0.6) is 0 Å². The van der Waals surface area contributed by atoms with E-state index in [0.717, 1.165) is 21.5 Å². The van der Waals surface area contributed by atoms with Crippen LogP contribution in [-0.2, 0) is 11.8 Å². The lowest BCUT2D eigenvalue weighted by molar-refractivity contribution is 0.0588. The molecule has 0 radical (unpaired) electrons. The number of imidazole rings is 1. The van der Waals surface area contributed by atoms with Crippen LogP contribution in [-0.4, -0.2) is 39.5 Å². The van der Waals surface area contributed by atoms with Gasteiger partial charge in [-0.15, -0.1) is 11.8 Å². The molecular weight excluding hydrogens is 374 g/mol. The van der Waals surface area contributed by atoms with Crippen molar-refractivity contribution in [3.05, 3.63) is 30.6 Å². The highest BCUT2D eigenvalue weighted by Gasteiger charge is 2.26. The molecule has 2 aromatic heterocycles. The van der Waals surface area contributed by atoms with E-state index in [-0.39, 0.29) is 0 Å². The maximum atomic E-state index is 12.5. The van der Waals surface area contributed by atoms with Crippen LogP contribution in [0.15, 0.2) is 35.5 Å². The molecule has 2 heterocycles. The number of aromatic nitrogens is 3. The van der Waals surface area contributed by atoms with Gasteiger partial charge in [0.25, 0.3) is 0 Å². The van der Waals surface area contributed by atoms with Crippen molar-refractivity contribution in [3.8, 4) is 11.1 Å². The van der Waals surface area contributed by atoms with Gasteiger partial charge in [0.2, 0.25) is 0 Å². The van der Waals surface area contributed by atoms with Crippen molar-refractivity contribution in [1.82, 2.24) is 14.5 Å². The Kier molecular flexibility index (Phi) is 5.25. The highest BCUT2D eigenvalue weighted by atomic mass is 32.2. The van der Waals surface area contributed by atoms with Crippen LogP contribution >= 0.6 is 11.8 Å². The van der Waals surface area contributed by atoms with Gasteiger partial charge >= 0.3 is 6.09 Å². The molecular formula is C20H25N5O2S. The van der Waals surface area contributed by atoms with Gasteiger partial charge in [0.1, 0.15) is 16.9 Å². The van der Waals surface area contributed by atoms with Gasteiger partial charge in [0, 0.05) is 19.0 Å².